The number of nitrogens with one attached hydrogen (secondary N) is 1. The molecular formula is C12H24N2O3. The van der Waals surface area contributed by atoms with Crippen molar-refractivity contribution in [2.24, 2.45) is 0 Å². The monoisotopic (exact) mass is 244 g/mol. The second-order valence-corrected chi connectivity index (χ2v) is 4.23. The van der Waals surface area contributed by atoms with Crippen LogP contribution in [0.15, 0.2) is 0 Å². The van der Waals surface area contributed by atoms with E-state index in [9.17, 15) is 4.79 Å². The highest BCUT2D eigenvalue weighted by Gasteiger charge is 2.27. The van der Waals surface area contributed by atoms with Crippen LogP contribution in [0.25, 0.3) is 0 Å². The van der Waals surface area contributed by atoms with Crippen molar-refractivity contribution in [1.82, 2.24) is 10.2 Å². The number of carbonyl (C=O) groups is 1. The average Bonchev–Trinajstić information content (AvgIpc) is 2.36. The number of morpholine rings is 1. The molecule has 0 aliphatic carbocycles. The van der Waals surface area contributed by atoms with Gasteiger partial charge >= 0.3 is 5.97 Å². The normalized spacial score (nSPS) is 23.4. The van der Waals surface area contributed by atoms with Crippen LogP contribution in [0, 0.1) is 0 Å². The molecule has 0 aromatic rings. The Morgan fingerprint density at radius 2 is 2.35 bits per heavy atom. The van der Waals surface area contributed by atoms with E-state index in [2.05, 4.69) is 17.1 Å². The molecule has 0 aromatic heterocycles. The zero-order valence-electron chi connectivity index (χ0n) is 11.1. The van der Waals surface area contributed by atoms with Crippen LogP contribution in [0.3, 0.4) is 0 Å². The van der Waals surface area contributed by atoms with Crippen molar-refractivity contribution in [1.29, 1.82) is 0 Å². The smallest absolute Gasteiger partial charge is 0.324 e. The van der Waals surface area contributed by atoms with Crippen LogP contribution in [-0.4, -0.2) is 62.9 Å². The maximum absolute atomic E-state index is 11.7. The predicted octanol–water partition coefficient (Wildman–Crippen LogP) is 0.248. The topological polar surface area (TPSA) is 50.8 Å². The number of rotatable bonds is 6. The van der Waals surface area contributed by atoms with Gasteiger partial charge in [-0.05, 0) is 20.4 Å². The number of carbonyl (C=O) groups excluding carboxylic acids is 1. The minimum absolute atomic E-state index is 0.170. The molecule has 17 heavy (non-hydrogen) atoms. The van der Waals surface area contributed by atoms with E-state index in [-0.39, 0.29) is 12.0 Å². The molecule has 0 spiro atoms. The first kappa shape index (κ1) is 14.4. The Morgan fingerprint density at radius 1 is 1.59 bits per heavy atom. The molecule has 0 aromatic carbocycles. The van der Waals surface area contributed by atoms with Crippen molar-refractivity contribution in [3.8, 4) is 0 Å². The quantitative estimate of drug-likeness (QED) is 0.679. The van der Waals surface area contributed by atoms with Gasteiger partial charge in [0, 0.05) is 19.1 Å². The predicted molar refractivity (Wildman–Crippen MR) is 66.0 cm³/mol. The van der Waals surface area contributed by atoms with E-state index in [4.69, 9.17) is 9.47 Å². The summed E-state index contributed by atoms with van der Waals surface area (Å²) in [5.41, 5.74) is 0. The molecule has 5 nitrogen and oxygen atoms in total. The molecule has 100 valence electrons. The van der Waals surface area contributed by atoms with Gasteiger partial charge in [0.1, 0.15) is 6.04 Å². The van der Waals surface area contributed by atoms with E-state index in [0.717, 1.165) is 26.2 Å². The summed E-state index contributed by atoms with van der Waals surface area (Å²) in [7, 11) is 1.79. The number of nitrogens with zero attached hydrogens (tertiary/aromatic N) is 1. The second-order valence-electron chi connectivity index (χ2n) is 4.23. The van der Waals surface area contributed by atoms with Crippen LogP contribution in [0.4, 0.5) is 0 Å². The van der Waals surface area contributed by atoms with Crippen LogP contribution in [0.1, 0.15) is 20.3 Å². The van der Waals surface area contributed by atoms with Crippen molar-refractivity contribution < 1.29 is 14.3 Å². The maximum atomic E-state index is 11.7. The molecule has 1 N–H and O–H groups in total. The highest BCUT2D eigenvalue weighted by molar-refractivity contribution is 5.76. The van der Waals surface area contributed by atoms with Crippen molar-refractivity contribution in [2.45, 2.75) is 32.4 Å². The van der Waals surface area contributed by atoms with Crippen molar-refractivity contribution in [3.63, 3.8) is 0 Å². The molecule has 0 bridgehead atoms. The summed E-state index contributed by atoms with van der Waals surface area (Å²) in [5.74, 6) is -0.170. The van der Waals surface area contributed by atoms with Crippen LogP contribution in [0.2, 0.25) is 0 Å². The van der Waals surface area contributed by atoms with Gasteiger partial charge in [0.2, 0.25) is 0 Å². The fourth-order valence-electron chi connectivity index (χ4n) is 2.07. The largest absolute Gasteiger partial charge is 0.465 e. The molecule has 1 aliphatic rings. The van der Waals surface area contributed by atoms with E-state index in [1.807, 2.05) is 6.92 Å². The molecule has 5 heteroatoms. The molecule has 0 saturated carbocycles. The van der Waals surface area contributed by atoms with E-state index in [1.54, 1.807) is 7.05 Å². The SMILES string of the molecule is CCOC(=O)C(CN1CCOCC1CC)NC. The first-order valence-electron chi connectivity index (χ1n) is 6.38. The number of ether oxygens (including phenoxy) is 2. The minimum Gasteiger partial charge on any atom is -0.465 e. The summed E-state index contributed by atoms with van der Waals surface area (Å²) in [6, 6.07) is 0.163. The molecule has 2 unspecified atom stereocenters. The molecule has 1 aliphatic heterocycles. The molecule has 1 heterocycles. The van der Waals surface area contributed by atoms with Crippen LogP contribution in [0.5, 0.6) is 0 Å². The zero-order valence-corrected chi connectivity index (χ0v) is 11.1. The van der Waals surface area contributed by atoms with Gasteiger partial charge in [0.25, 0.3) is 0 Å². The summed E-state index contributed by atoms with van der Waals surface area (Å²) >= 11 is 0. The summed E-state index contributed by atoms with van der Waals surface area (Å²) in [6.45, 7) is 7.48. The Hall–Kier alpha value is -0.650. The van der Waals surface area contributed by atoms with Crippen molar-refractivity contribution in [2.75, 3.05) is 40.0 Å². The average molecular weight is 244 g/mol. The van der Waals surface area contributed by atoms with Gasteiger partial charge in [0.05, 0.1) is 19.8 Å². The van der Waals surface area contributed by atoms with E-state index >= 15 is 0 Å². The summed E-state index contributed by atoms with van der Waals surface area (Å²) < 4.78 is 10.5. The lowest BCUT2D eigenvalue weighted by Gasteiger charge is -2.36. The maximum Gasteiger partial charge on any atom is 0.324 e. The Morgan fingerprint density at radius 3 is 2.94 bits per heavy atom. The van der Waals surface area contributed by atoms with E-state index in [0.29, 0.717) is 19.2 Å². The summed E-state index contributed by atoms with van der Waals surface area (Å²) in [4.78, 5) is 14.0. The van der Waals surface area contributed by atoms with Crippen LogP contribution >= 0.6 is 0 Å². The molecule has 0 amide bonds. The number of likely N-dealkylation sites (N-methyl/N-ethyl adjacent to an activating group) is 1. The standard InChI is InChI=1S/C12H24N2O3/c1-4-10-9-16-7-6-14(10)8-11(13-3)12(15)17-5-2/h10-11,13H,4-9H2,1-3H3. The second kappa shape index (κ2) is 7.63. The lowest BCUT2D eigenvalue weighted by atomic mass is 10.1. The third kappa shape index (κ3) is 4.26. The van der Waals surface area contributed by atoms with Gasteiger partial charge in [-0.15, -0.1) is 0 Å². The van der Waals surface area contributed by atoms with Crippen molar-refractivity contribution in [3.05, 3.63) is 0 Å². The Balaban J connectivity index is 2.50. The first-order chi connectivity index (χ1) is 8.22. The van der Waals surface area contributed by atoms with Crippen LogP contribution < -0.4 is 5.32 Å². The highest BCUT2D eigenvalue weighted by Crippen LogP contribution is 2.11. The number of hydrogen-bond acceptors (Lipinski definition) is 5. The van der Waals surface area contributed by atoms with Gasteiger partial charge in [0.15, 0.2) is 0 Å². The fourth-order valence-corrected chi connectivity index (χ4v) is 2.07. The van der Waals surface area contributed by atoms with E-state index < -0.39 is 0 Å². The Bertz CT molecular complexity index is 236. The van der Waals surface area contributed by atoms with E-state index in [1.165, 1.54) is 0 Å². The van der Waals surface area contributed by atoms with Gasteiger partial charge in [-0.25, -0.2) is 0 Å². The molecule has 1 saturated heterocycles. The van der Waals surface area contributed by atoms with Gasteiger partial charge < -0.3 is 14.8 Å². The molecule has 1 rings (SSSR count). The minimum atomic E-state index is -0.248. The lowest BCUT2D eigenvalue weighted by molar-refractivity contribution is -0.146. The lowest BCUT2D eigenvalue weighted by Crippen LogP contribution is -2.52. The fraction of sp³-hybridized carbons (Fsp3) is 0.917. The summed E-state index contributed by atoms with van der Waals surface area (Å²) in [5, 5.41) is 3.02. The highest BCUT2D eigenvalue weighted by atomic mass is 16.5. The van der Waals surface area contributed by atoms with Crippen LogP contribution in [-0.2, 0) is 14.3 Å². The Kier molecular flexibility index (Phi) is 6.47. The van der Waals surface area contributed by atoms with Gasteiger partial charge in [-0.1, -0.05) is 6.92 Å². The third-order valence-corrected chi connectivity index (χ3v) is 3.16. The third-order valence-electron chi connectivity index (χ3n) is 3.16. The summed E-state index contributed by atoms with van der Waals surface area (Å²) in [6.07, 6.45) is 1.04. The number of hydrogen-bond donors (Lipinski definition) is 1. The van der Waals surface area contributed by atoms with Gasteiger partial charge in [-0.3, -0.25) is 9.69 Å². The first-order valence-corrected chi connectivity index (χ1v) is 6.38. The molecule has 2 atom stereocenters. The van der Waals surface area contributed by atoms with Gasteiger partial charge in [-0.2, -0.15) is 0 Å². The molecule has 1 fully saturated rings. The molecular weight excluding hydrogens is 220 g/mol. The van der Waals surface area contributed by atoms with Crippen molar-refractivity contribution >= 4 is 5.97 Å². The zero-order chi connectivity index (χ0) is 12.7. The Labute approximate surface area is 103 Å². The number of esters is 1. The molecule has 0 radical (unpaired) electrons.